The van der Waals surface area contributed by atoms with Crippen LogP contribution in [0, 0.1) is 0 Å². The van der Waals surface area contributed by atoms with Crippen molar-refractivity contribution in [1.29, 1.82) is 0 Å². The second-order valence-electron chi connectivity index (χ2n) is 7.10. The first-order valence-corrected chi connectivity index (χ1v) is 10.0. The monoisotopic (exact) mass is 390 g/mol. The number of piperazine rings is 1. The van der Waals surface area contributed by atoms with E-state index in [1.165, 1.54) is 5.56 Å². The summed E-state index contributed by atoms with van der Waals surface area (Å²) in [6, 6.07) is 20.1. The minimum absolute atomic E-state index is 0.315. The van der Waals surface area contributed by atoms with Crippen LogP contribution in [0.3, 0.4) is 0 Å². The number of rotatable bonds is 8. The lowest BCUT2D eigenvalue weighted by Crippen LogP contribution is -2.45. The van der Waals surface area contributed by atoms with Crippen molar-refractivity contribution < 1.29 is 9.26 Å². The second kappa shape index (κ2) is 10.0. The summed E-state index contributed by atoms with van der Waals surface area (Å²) in [5, 5.41) is 4.02. The van der Waals surface area contributed by atoms with Gasteiger partial charge in [-0.1, -0.05) is 65.8 Å². The molecule has 6 heteroatoms. The van der Waals surface area contributed by atoms with Gasteiger partial charge in [-0.2, -0.15) is 4.98 Å². The predicted octanol–water partition coefficient (Wildman–Crippen LogP) is 3.48. The first-order valence-electron chi connectivity index (χ1n) is 10.0. The molecule has 2 aromatic carbocycles. The Morgan fingerprint density at radius 2 is 1.59 bits per heavy atom. The van der Waals surface area contributed by atoms with E-state index in [1.54, 1.807) is 0 Å². The Balaban J connectivity index is 1.18. The predicted molar refractivity (Wildman–Crippen MR) is 112 cm³/mol. The van der Waals surface area contributed by atoms with Crippen LogP contribution in [0.15, 0.2) is 71.3 Å². The quantitative estimate of drug-likeness (QED) is 0.587. The molecule has 150 valence electrons. The van der Waals surface area contributed by atoms with Gasteiger partial charge in [-0.3, -0.25) is 9.80 Å². The van der Waals surface area contributed by atoms with Gasteiger partial charge in [0, 0.05) is 32.7 Å². The normalized spacial score (nSPS) is 15.7. The van der Waals surface area contributed by atoms with Crippen molar-refractivity contribution in [3.8, 4) is 5.75 Å². The van der Waals surface area contributed by atoms with Crippen molar-refractivity contribution in [2.45, 2.75) is 13.2 Å². The second-order valence-corrected chi connectivity index (χ2v) is 7.10. The minimum atomic E-state index is 0.315. The van der Waals surface area contributed by atoms with E-state index in [0.29, 0.717) is 24.9 Å². The third-order valence-corrected chi connectivity index (χ3v) is 4.92. The molecule has 2 heterocycles. The van der Waals surface area contributed by atoms with Crippen molar-refractivity contribution in [3.63, 3.8) is 0 Å². The summed E-state index contributed by atoms with van der Waals surface area (Å²) in [7, 11) is 0. The van der Waals surface area contributed by atoms with E-state index in [4.69, 9.17) is 9.26 Å². The number of nitrogens with zero attached hydrogens (tertiary/aromatic N) is 4. The highest BCUT2D eigenvalue weighted by Gasteiger charge is 2.18. The summed E-state index contributed by atoms with van der Waals surface area (Å²) in [6.07, 6.45) is 4.42. The van der Waals surface area contributed by atoms with E-state index in [0.717, 1.165) is 38.5 Å². The molecule has 0 aliphatic carbocycles. The molecular formula is C23H26N4O2. The zero-order chi connectivity index (χ0) is 19.7. The molecule has 1 saturated heterocycles. The SMILES string of the molecule is C(=Cc1ccccc1)CN1CCN(Cc2nc(COc3ccccc3)no2)CC1. The van der Waals surface area contributed by atoms with Crippen LogP contribution < -0.4 is 4.74 Å². The number of aromatic nitrogens is 2. The van der Waals surface area contributed by atoms with E-state index in [2.05, 4.69) is 56.4 Å². The molecule has 1 aliphatic rings. The number of benzene rings is 2. The van der Waals surface area contributed by atoms with E-state index >= 15 is 0 Å². The molecule has 1 fully saturated rings. The maximum Gasteiger partial charge on any atom is 0.240 e. The Morgan fingerprint density at radius 1 is 0.897 bits per heavy atom. The van der Waals surface area contributed by atoms with Gasteiger partial charge in [-0.15, -0.1) is 0 Å². The fraction of sp³-hybridized carbons (Fsp3) is 0.304. The van der Waals surface area contributed by atoms with Crippen LogP contribution in [-0.2, 0) is 13.2 Å². The van der Waals surface area contributed by atoms with E-state index in [9.17, 15) is 0 Å². The molecule has 0 saturated carbocycles. The van der Waals surface area contributed by atoms with Crippen molar-refractivity contribution in [2.24, 2.45) is 0 Å². The first kappa shape index (κ1) is 19.4. The van der Waals surface area contributed by atoms with Gasteiger partial charge < -0.3 is 9.26 Å². The third kappa shape index (κ3) is 6.01. The molecule has 29 heavy (non-hydrogen) atoms. The largest absolute Gasteiger partial charge is 0.485 e. The maximum absolute atomic E-state index is 5.67. The van der Waals surface area contributed by atoms with E-state index < -0.39 is 0 Å². The van der Waals surface area contributed by atoms with Gasteiger partial charge in [0.25, 0.3) is 0 Å². The van der Waals surface area contributed by atoms with Gasteiger partial charge in [0.15, 0.2) is 6.61 Å². The lowest BCUT2D eigenvalue weighted by Gasteiger charge is -2.33. The van der Waals surface area contributed by atoms with Crippen LogP contribution in [0.5, 0.6) is 5.75 Å². The Kier molecular flexibility index (Phi) is 6.68. The van der Waals surface area contributed by atoms with Crippen molar-refractivity contribution in [3.05, 3.63) is 84.0 Å². The fourth-order valence-corrected chi connectivity index (χ4v) is 3.30. The van der Waals surface area contributed by atoms with Crippen LogP contribution in [0.25, 0.3) is 6.08 Å². The minimum Gasteiger partial charge on any atom is -0.485 e. The van der Waals surface area contributed by atoms with Crippen LogP contribution in [-0.4, -0.2) is 52.7 Å². The Hall–Kier alpha value is -2.96. The molecule has 0 unspecified atom stereocenters. The number of ether oxygens (including phenoxy) is 1. The van der Waals surface area contributed by atoms with Gasteiger partial charge in [0.1, 0.15) is 5.75 Å². The molecule has 1 aliphatic heterocycles. The summed E-state index contributed by atoms with van der Waals surface area (Å²) in [5.41, 5.74) is 1.24. The Bertz CT molecular complexity index is 888. The summed E-state index contributed by atoms with van der Waals surface area (Å²) >= 11 is 0. The zero-order valence-corrected chi connectivity index (χ0v) is 16.5. The first-order chi connectivity index (χ1) is 14.3. The average molecular weight is 390 g/mol. The summed E-state index contributed by atoms with van der Waals surface area (Å²) in [5.74, 6) is 2.03. The van der Waals surface area contributed by atoms with E-state index in [1.807, 2.05) is 36.4 Å². The summed E-state index contributed by atoms with van der Waals surface area (Å²) in [4.78, 5) is 9.27. The topological polar surface area (TPSA) is 54.6 Å². The molecule has 0 N–H and O–H groups in total. The van der Waals surface area contributed by atoms with Crippen molar-refractivity contribution in [2.75, 3.05) is 32.7 Å². The smallest absolute Gasteiger partial charge is 0.240 e. The van der Waals surface area contributed by atoms with E-state index in [-0.39, 0.29) is 0 Å². The maximum atomic E-state index is 5.67. The van der Waals surface area contributed by atoms with Crippen LogP contribution in [0.4, 0.5) is 0 Å². The van der Waals surface area contributed by atoms with Crippen LogP contribution >= 0.6 is 0 Å². The van der Waals surface area contributed by atoms with Crippen LogP contribution in [0.2, 0.25) is 0 Å². The highest BCUT2D eigenvalue weighted by atomic mass is 16.5. The molecule has 1 aromatic heterocycles. The van der Waals surface area contributed by atoms with Gasteiger partial charge in [0.05, 0.1) is 6.54 Å². The molecule has 0 spiro atoms. The molecule has 3 aromatic rings. The summed E-state index contributed by atoms with van der Waals surface area (Å²) in [6.45, 7) is 6.05. The lowest BCUT2D eigenvalue weighted by atomic mass is 10.2. The summed E-state index contributed by atoms with van der Waals surface area (Å²) < 4.78 is 11.1. The van der Waals surface area contributed by atoms with Gasteiger partial charge in [-0.05, 0) is 17.7 Å². The Labute approximate surface area is 171 Å². The van der Waals surface area contributed by atoms with Crippen molar-refractivity contribution in [1.82, 2.24) is 19.9 Å². The van der Waals surface area contributed by atoms with Gasteiger partial charge >= 0.3 is 0 Å². The van der Waals surface area contributed by atoms with Crippen LogP contribution in [0.1, 0.15) is 17.3 Å². The third-order valence-electron chi connectivity index (χ3n) is 4.92. The molecule has 0 radical (unpaired) electrons. The number of hydrogen-bond acceptors (Lipinski definition) is 6. The highest BCUT2D eigenvalue weighted by Crippen LogP contribution is 2.12. The molecule has 0 atom stereocenters. The number of para-hydroxylation sites is 1. The molecular weight excluding hydrogens is 364 g/mol. The number of hydrogen-bond donors (Lipinski definition) is 0. The molecule has 0 amide bonds. The van der Waals surface area contributed by atoms with Crippen molar-refractivity contribution >= 4 is 6.08 Å². The average Bonchev–Trinajstić information content (AvgIpc) is 3.22. The highest BCUT2D eigenvalue weighted by molar-refractivity contribution is 5.48. The zero-order valence-electron chi connectivity index (χ0n) is 16.5. The molecule has 0 bridgehead atoms. The van der Waals surface area contributed by atoms with Gasteiger partial charge in [0.2, 0.25) is 11.7 Å². The standard InChI is InChI=1S/C23H26N4O2/c1-3-8-20(9-4-1)10-7-13-26-14-16-27(17-15-26)18-23-24-22(25-29-23)19-28-21-11-5-2-6-12-21/h1-12H,13-19H2. The van der Waals surface area contributed by atoms with Gasteiger partial charge in [-0.25, -0.2) is 0 Å². The molecule has 6 nitrogen and oxygen atoms in total. The molecule has 4 rings (SSSR count). The Morgan fingerprint density at radius 3 is 2.34 bits per heavy atom. The lowest BCUT2D eigenvalue weighted by molar-refractivity contribution is 0.125. The fourth-order valence-electron chi connectivity index (χ4n) is 3.30.